The maximum absolute atomic E-state index is 12.2. The van der Waals surface area contributed by atoms with E-state index >= 15 is 0 Å². The van der Waals surface area contributed by atoms with Crippen LogP contribution in [0, 0.1) is 13.8 Å². The Kier molecular flexibility index (Phi) is 9.28. The molecular formula is C27H44N8O2. The van der Waals surface area contributed by atoms with Gasteiger partial charge in [0.25, 0.3) is 0 Å². The molecule has 2 aromatic heterocycles. The number of amides is 1. The molecule has 0 spiro atoms. The standard InChI is InChI=1S/C16H26N4O2.C11H18N4/c1-10-8-13(17)18-19-14(10)12-6-7-20(11(2)9-12)15(21)22-16(3,4)5;1-7-5-10(12)14-15-11(7)9-3-4-13-8(2)6-9/h8,11-12H,6-7,9H2,1-5H3,(H2,17,18);5,8-9,13H,3-4,6H2,1-2H3,(H2,12,14)/t11-,12-;8-,9-/m00/s1. The fraction of sp³-hybridized carbons (Fsp3) is 0.667. The van der Waals surface area contributed by atoms with E-state index in [2.05, 4.69) is 46.5 Å². The van der Waals surface area contributed by atoms with Gasteiger partial charge in [-0.25, -0.2) is 4.79 Å². The Labute approximate surface area is 220 Å². The van der Waals surface area contributed by atoms with Crippen LogP contribution < -0.4 is 16.8 Å². The Morgan fingerprint density at radius 1 is 0.946 bits per heavy atom. The molecule has 37 heavy (non-hydrogen) atoms. The second-order valence-electron chi connectivity index (χ2n) is 11.5. The number of ether oxygens (including phenoxy) is 1. The molecule has 0 saturated carbocycles. The first-order valence-electron chi connectivity index (χ1n) is 13.3. The Morgan fingerprint density at radius 2 is 1.49 bits per heavy atom. The molecule has 0 radical (unpaired) electrons. The van der Waals surface area contributed by atoms with Crippen LogP contribution >= 0.6 is 0 Å². The van der Waals surface area contributed by atoms with Gasteiger partial charge in [0.1, 0.15) is 17.2 Å². The van der Waals surface area contributed by atoms with Crippen molar-refractivity contribution in [2.45, 2.75) is 104 Å². The number of nitrogens with one attached hydrogen (secondary N) is 1. The van der Waals surface area contributed by atoms with Crippen LogP contribution in [-0.2, 0) is 4.74 Å². The summed E-state index contributed by atoms with van der Waals surface area (Å²) < 4.78 is 5.47. The SMILES string of the molecule is Cc1cc(N)nnc1[C@H]1CCN(C(=O)OC(C)(C)C)[C@@H](C)C1.Cc1cc(N)nnc1[C@H]1CCN[C@@H](C)C1. The minimum Gasteiger partial charge on any atom is -0.444 e. The zero-order chi connectivity index (χ0) is 27.3. The molecule has 204 valence electrons. The molecule has 2 fully saturated rings. The van der Waals surface area contributed by atoms with Crippen LogP contribution in [0.1, 0.15) is 94.7 Å². The van der Waals surface area contributed by atoms with E-state index in [-0.39, 0.29) is 12.1 Å². The third-order valence-corrected chi connectivity index (χ3v) is 6.98. The number of rotatable bonds is 2. The lowest BCUT2D eigenvalue weighted by Crippen LogP contribution is -2.46. The topological polar surface area (TPSA) is 145 Å². The Bertz CT molecular complexity index is 1070. The lowest BCUT2D eigenvalue weighted by Gasteiger charge is -2.38. The van der Waals surface area contributed by atoms with Crippen molar-refractivity contribution in [1.82, 2.24) is 30.6 Å². The molecule has 2 aliphatic heterocycles. The van der Waals surface area contributed by atoms with Crippen molar-refractivity contribution >= 4 is 17.7 Å². The van der Waals surface area contributed by atoms with E-state index in [0.29, 0.717) is 36.1 Å². The molecule has 4 heterocycles. The molecule has 1 amide bonds. The molecular weight excluding hydrogens is 468 g/mol. The zero-order valence-corrected chi connectivity index (χ0v) is 23.4. The minimum atomic E-state index is -0.466. The highest BCUT2D eigenvalue weighted by molar-refractivity contribution is 5.68. The number of nitrogens with two attached hydrogens (primary N) is 2. The maximum atomic E-state index is 12.2. The van der Waals surface area contributed by atoms with Crippen LogP contribution in [-0.4, -0.2) is 62.2 Å². The van der Waals surface area contributed by atoms with Gasteiger partial charge < -0.3 is 26.4 Å². The monoisotopic (exact) mass is 512 g/mol. The number of nitrogen functional groups attached to an aromatic ring is 2. The largest absolute Gasteiger partial charge is 0.444 e. The molecule has 2 aliphatic rings. The summed E-state index contributed by atoms with van der Waals surface area (Å²) in [6, 6.07) is 4.46. The molecule has 0 aliphatic carbocycles. The number of carbonyl (C=O) groups is 1. The number of aryl methyl sites for hydroxylation is 2. The summed E-state index contributed by atoms with van der Waals surface area (Å²) in [6.07, 6.45) is 3.77. The molecule has 2 saturated heterocycles. The highest BCUT2D eigenvalue weighted by Crippen LogP contribution is 2.33. The average molecular weight is 513 g/mol. The van der Waals surface area contributed by atoms with Crippen molar-refractivity contribution in [3.05, 3.63) is 34.6 Å². The number of carbonyl (C=O) groups excluding carboxylic acids is 1. The summed E-state index contributed by atoms with van der Waals surface area (Å²) in [4.78, 5) is 14.0. The van der Waals surface area contributed by atoms with E-state index in [4.69, 9.17) is 16.2 Å². The highest BCUT2D eigenvalue weighted by Gasteiger charge is 2.33. The van der Waals surface area contributed by atoms with E-state index in [1.54, 1.807) is 0 Å². The Balaban J connectivity index is 0.000000220. The van der Waals surface area contributed by atoms with E-state index in [1.807, 2.05) is 44.7 Å². The van der Waals surface area contributed by atoms with Crippen molar-refractivity contribution in [2.24, 2.45) is 0 Å². The number of likely N-dealkylation sites (tertiary alicyclic amines) is 1. The van der Waals surface area contributed by atoms with Gasteiger partial charge in [-0.2, -0.15) is 10.2 Å². The average Bonchev–Trinajstić information content (AvgIpc) is 2.78. The number of aromatic nitrogens is 4. The van der Waals surface area contributed by atoms with Crippen LogP contribution in [0.5, 0.6) is 0 Å². The van der Waals surface area contributed by atoms with Gasteiger partial charge >= 0.3 is 6.09 Å². The van der Waals surface area contributed by atoms with Gasteiger partial charge in [0.05, 0.1) is 11.4 Å². The predicted molar refractivity (Wildman–Crippen MR) is 146 cm³/mol. The second-order valence-corrected chi connectivity index (χ2v) is 11.5. The molecule has 10 heteroatoms. The summed E-state index contributed by atoms with van der Waals surface area (Å²) >= 11 is 0. The van der Waals surface area contributed by atoms with Crippen molar-refractivity contribution in [3.8, 4) is 0 Å². The molecule has 0 unspecified atom stereocenters. The van der Waals surface area contributed by atoms with E-state index in [9.17, 15) is 4.79 Å². The van der Waals surface area contributed by atoms with Crippen molar-refractivity contribution in [3.63, 3.8) is 0 Å². The number of nitrogens with zero attached hydrogens (tertiary/aromatic N) is 5. The predicted octanol–water partition coefficient (Wildman–Crippen LogP) is 4.09. The smallest absolute Gasteiger partial charge is 0.410 e. The maximum Gasteiger partial charge on any atom is 0.410 e. The first-order chi connectivity index (χ1) is 17.3. The summed E-state index contributed by atoms with van der Waals surface area (Å²) in [6.45, 7) is 15.7. The van der Waals surface area contributed by atoms with Gasteiger partial charge in [-0.3, -0.25) is 0 Å². The van der Waals surface area contributed by atoms with Crippen molar-refractivity contribution in [1.29, 1.82) is 0 Å². The van der Waals surface area contributed by atoms with Gasteiger partial charge in [-0.15, -0.1) is 10.2 Å². The molecule has 5 N–H and O–H groups in total. The second kappa shape index (κ2) is 12.0. The molecule has 0 bridgehead atoms. The van der Waals surface area contributed by atoms with Crippen LogP contribution in [0.15, 0.2) is 12.1 Å². The number of piperidine rings is 2. The fourth-order valence-corrected chi connectivity index (χ4v) is 5.23. The minimum absolute atomic E-state index is 0.118. The number of hydrogen-bond donors (Lipinski definition) is 3. The van der Waals surface area contributed by atoms with Gasteiger partial charge in [0.15, 0.2) is 0 Å². The Hall–Kier alpha value is -3.01. The van der Waals surface area contributed by atoms with Gasteiger partial charge in [0, 0.05) is 30.5 Å². The zero-order valence-electron chi connectivity index (χ0n) is 23.4. The van der Waals surface area contributed by atoms with Gasteiger partial charge in [-0.1, -0.05) is 0 Å². The summed E-state index contributed by atoms with van der Waals surface area (Å²) in [5.41, 5.74) is 15.1. The highest BCUT2D eigenvalue weighted by atomic mass is 16.6. The molecule has 2 aromatic rings. The number of hydrogen-bond acceptors (Lipinski definition) is 9. The number of anilines is 2. The van der Waals surface area contributed by atoms with E-state index in [0.717, 1.165) is 49.2 Å². The molecule has 0 aromatic carbocycles. The van der Waals surface area contributed by atoms with Crippen LogP contribution in [0.3, 0.4) is 0 Å². The lowest BCUT2D eigenvalue weighted by atomic mass is 9.87. The Morgan fingerprint density at radius 3 is 1.95 bits per heavy atom. The fourth-order valence-electron chi connectivity index (χ4n) is 5.23. The first kappa shape index (κ1) is 28.6. The normalized spacial score (nSPS) is 24.1. The van der Waals surface area contributed by atoms with Crippen LogP contribution in [0.4, 0.5) is 16.4 Å². The third kappa shape index (κ3) is 7.99. The molecule has 4 rings (SSSR count). The van der Waals surface area contributed by atoms with E-state index < -0.39 is 5.60 Å². The molecule has 10 nitrogen and oxygen atoms in total. The van der Waals surface area contributed by atoms with Crippen LogP contribution in [0.2, 0.25) is 0 Å². The van der Waals surface area contributed by atoms with E-state index in [1.165, 1.54) is 5.56 Å². The summed E-state index contributed by atoms with van der Waals surface area (Å²) in [7, 11) is 0. The van der Waals surface area contributed by atoms with Crippen LogP contribution in [0.25, 0.3) is 0 Å². The summed E-state index contributed by atoms with van der Waals surface area (Å²) in [5.74, 6) is 1.80. The van der Waals surface area contributed by atoms with Gasteiger partial charge in [-0.05, 0) is 104 Å². The van der Waals surface area contributed by atoms with Crippen molar-refractivity contribution < 1.29 is 9.53 Å². The lowest BCUT2D eigenvalue weighted by molar-refractivity contribution is 0.0102. The quantitative estimate of drug-likeness (QED) is 0.541. The van der Waals surface area contributed by atoms with Gasteiger partial charge in [0.2, 0.25) is 0 Å². The first-order valence-corrected chi connectivity index (χ1v) is 13.3. The third-order valence-electron chi connectivity index (χ3n) is 6.98. The molecule has 4 atom stereocenters. The summed E-state index contributed by atoms with van der Waals surface area (Å²) in [5, 5.41) is 19.8. The van der Waals surface area contributed by atoms with Crippen molar-refractivity contribution in [2.75, 3.05) is 24.6 Å².